The predicted molar refractivity (Wildman–Crippen MR) is 317 cm³/mol. The number of unbranched alkanes of at least 4 members (excludes halogenated alkanes) is 43. The second-order valence-corrected chi connectivity index (χ2v) is 23.8. The Bertz CT molecular complexity index is 1330. The number of phosphoric acid groups is 1. The van der Waals surface area contributed by atoms with Crippen LogP contribution in [0, 0.1) is 0 Å². The minimum absolute atomic E-state index is 0.175. The highest BCUT2D eigenvalue weighted by molar-refractivity contribution is 7.47. The molecule has 0 saturated heterocycles. The molecule has 0 bridgehead atoms. The van der Waals surface area contributed by atoms with Crippen LogP contribution in [0.1, 0.15) is 342 Å². The van der Waals surface area contributed by atoms with Crippen molar-refractivity contribution >= 4 is 25.7 Å². The average Bonchev–Trinajstić information content (AvgIpc) is 3.41. The first-order valence-corrected chi connectivity index (χ1v) is 34.1. The highest BCUT2D eigenvalue weighted by Gasteiger charge is 2.28. The van der Waals surface area contributed by atoms with Crippen molar-refractivity contribution in [1.29, 1.82) is 0 Å². The van der Waals surface area contributed by atoms with Gasteiger partial charge in [-0.05, 0) is 38.5 Å². The molecule has 0 heterocycles. The van der Waals surface area contributed by atoms with E-state index >= 15 is 0 Å². The third kappa shape index (κ3) is 56.9. The van der Waals surface area contributed by atoms with Gasteiger partial charge >= 0.3 is 25.7 Å². The molecule has 0 aromatic rings. The van der Waals surface area contributed by atoms with Gasteiger partial charge in [0, 0.05) is 19.3 Å². The van der Waals surface area contributed by atoms with E-state index in [1.165, 1.54) is 205 Å². The molecule has 0 aliphatic rings. The van der Waals surface area contributed by atoms with E-state index in [0.717, 1.165) is 77.0 Å². The van der Waals surface area contributed by atoms with Crippen LogP contribution in [0.3, 0.4) is 0 Å². The molecule has 12 heteroatoms. The van der Waals surface area contributed by atoms with Crippen LogP contribution in [0.2, 0.25) is 0 Å². The number of aliphatic hydroxyl groups excluding tert-OH is 1. The first kappa shape index (κ1) is 74.2. The lowest BCUT2D eigenvalue weighted by Gasteiger charge is -2.21. The van der Waals surface area contributed by atoms with E-state index in [9.17, 15) is 28.9 Å². The molecule has 11 nitrogen and oxygen atoms in total. The normalized spacial score (nSPS) is 13.3. The second kappa shape index (κ2) is 59.3. The van der Waals surface area contributed by atoms with Crippen molar-refractivity contribution in [2.75, 3.05) is 26.4 Å². The first-order chi connectivity index (χ1) is 37.2. The van der Waals surface area contributed by atoms with Crippen molar-refractivity contribution in [3.63, 3.8) is 0 Å². The third-order valence-electron chi connectivity index (χ3n) is 14.7. The van der Waals surface area contributed by atoms with E-state index in [4.69, 9.17) is 23.3 Å². The van der Waals surface area contributed by atoms with Crippen LogP contribution in [0.4, 0.5) is 0 Å². The van der Waals surface area contributed by atoms with E-state index in [0.29, 0.717) is 19.3 Å². The van der Waals surface area contributed by atoms with Gasteiger partial charge in [-0.1, -0.05) is 296 Å². The minimum Gasteiger partial charge on any atom is -0.462 e. The van der Waals surface area contributed by atoms with Crippen molar-refractivity contribution in [2.24, 2.45) is 0 Å². The van der Waals surface area contributed by atoms with E-state index in [-0.39, 0.29) is 25.9 Å². The summed E-state index contributed by atoms with van der Waals surface area (Å²) in [5.41, 5.74) is 0. The van der Waals surface area contributed by atoms with Crippen LogP contribution in [-0.4, -0.2) is 66.5 Å². The van der Waals surface area contributed by atoms with Gasteiger partial charge in [-0.3, -0.25) is 23.4 Å². The molecule has 0 saturated carbocycles. The number of hydrogen-bond donors (Lipinski definition) is 2. The number of phosphoric ester groups is 1. The maximum atomic E-state index is 12.9. The summed E-state index contributed by atoms with van der Waals surface area (Å²) in [5.74, 6) is -1.44. The number of esters is 3. The fourth-order valence-electron chi connectivity index (χ4n) is 9.69. The van der Waals surface area contributed by atoms with Gasteiger partial charge in [0.1, 0.15) is 12.7 Å². The number of carbonyl (C=O) groups is 3. The lowest BCUT2D eigenvalue weighted by molar-refractivity contribution is -0.161. The maximum absolute atomic E-state index is 12.9. The number of rotatable bonds is 62. The lowest BCUT2D eigenvalue weighted by Crippen LogP contribution is -2.30. The molecule has 3 unspecified atom stereocenters. The van der Waals surface area contributed by atoms with Gasteiger partial charge < -0.3 is 24.2 Å². The summed E-state index contributed by atoms with van der Waals surface area (Å²) in [5, 5.41) is 9.85. The summed E-state index contributed by atoms with van der Waals surface area (Å²) in [6.07, 6.45) is 60.3. The molecule has 0 aliphatic heterocycles. The molecule has 0 rings (SSSR count). The number of carbonyl (C=O) groups excluding carboxylic acids is 3. The van der Waals surface area contributed by atoms with Gasteiger partial charge in [0.05, 0.1) is 19.8 Å². The summed E-state index contributed by atoms with van der Waals surface area (Å²) in [4.78, 5) is 48.7. The van der Waals surface area contributed by atoms with Crippen molar-refractivity contribution in [3.05, 3.63) is 12.2 Å². The summed E-state index contributed by atoms with van der Waals surface area (Å²) >= 11 is 0. The van der Waals surface area contributed by atoms with Gasteiger partial charge in [-0.15, -0.1) is 0 Å². The van der Waals surface area contributed by atoms with Crippen LogP contribution in [0.25, 0.3) is 0 Å². The zero-order chi connectivity index (χ0) is 55.5. The first-order valence-electron chi connectivity index (χ1n) is 32.6. The van der Waals surface area contributed by atoms with Crippen LogP contribution in [-0.2, 0) is 42.2 Å². The molecule has 0 radical (unpaired) electrons. The van der Waals surface area contributed by atoms with Gasteiger partial charge in [0.25, 0.3) is 0 Å². The molecule has 0 amide bonds. The summed E-state index contributed by atoms with van der Waals surface area (Å²) in [6, 6.07) is 0. The van der Waals surface area contributed by atoms with Crippen LogP contribution < -0.4 is 0 Å². The molecule has 2 N–H and O–H groups in total. The molecular weight excluding hydrogens is 976 g/mol. The van der Waals surface area contributed by atoms with E-state index in [2.05, 4.69) is 32.9 Å². The molecule has 3 atom stereocenters. The smallest absolute Gasteiger partial charge is 0.462 e. The highest BCUT2D eigenvalue weighted by Crippen LogP contribution is 2.43. The molecule has 450 valence electrons. The Balaban J connectivity index is 4.54. The fourth-order valence-corrected chi connectivity index (χ4v) is 10.5. The molecule has 76 heavy (non-hydrogen) atoms. The predicted octanol–water partition coefficient (Wildman–Crippen LogP) is 19.6. The van der Waals surface area contributed by atoms with Crippen molar-refractivity contribution < 1.29 is 52.2 Å². The fraction of sp³-hybridized carbons (Fsp3) is 0.922. The third-order valence-corrected chi connectivity index (χ3v) is 15.6. The molecule has 0 aromatic carbocycles. The Morgan fingerprint density at radius 2 is 0.618 bits per heavy atom. The number of aliphatic hydroxyl groups is 1. The number of allylic oxidation sites excluding steroid dienone is 2. The zero-order valence-electron chi connectivity index (χ0n) is 50.0. The summed E-state index contributed by atoms with van der Waals surface area (Å²) in [6.45, 7) is 4.69. The number of ether oxygens (including phenoxy) is 3. The van der Waals surface area contributed by atoms with Crippen LogP contribution in [0.15, 0.2) is 12.2 Å². The molecule has 0 aromatic heterocycles. The van der Waals surface area contributed by atoms with Gasteiger partial charge in [-0.2, -0.15) is 0 Å². The van der Waals surface area contributed by atoms with Crippen LogP contribution >= 0.6 is 7.82 Å². The quantitative estimate of drug-likeness (QED) is 0.0197. The topological polar surface area (TPSA) is 155 Å². The zero-order valence-corrected chi connectivity index (χ0v) is 50.9. The lowest BCUT2D eigenvalue weighted by atomic mass is 10.0. The van der Waals surface area contributed by atoms with Crippen molar-refractivity contribution in [1.82, 2.24) is 0 Å². The summed E-state index contributed by atoms with van der Waals surface area (Å²) in [7, 11) is -4.74. The Morgan fingerprint density at radius 1 is 0.355 bits per heavy atom. The van der Waals surface area contributed by atoms with Gasteiger partial charge in [-0.25, -0.2) is 4.57 Å². The molecule has 0 aliphatic carbocycles. The Hall–Kier alpha value is -1.78. The van der Waals surface area contributed by atoms with E-state index in [1.54, 1.807) is 0 Å². The Morgan fingerprint density at radius 3 is 0.947 bits per heavy atom. The van der Waals surface area contributed by atoms with E-state index < -0.39 is 57.8 Å². The SMILES string of the molecule is CCCC/C=C\CCCCCCCC(=O)OCC(COP(=O)(O)OCC(CO)OC(=O)CCCCCCCCCCCCCCCCCCCCC)OC(=O)CCCCCCCCCCCCCCCCCCCCC. The Kier molecular flexibility index (Phi) is 58.0. The van der Waals surface area contributed by atoms with Gasteiger partial charge in [0.15, 0.2) is 6.10 Å². The minimum atomic E-state index is -4.74. The maximum Gasteiger partial charge on any atom is 0.472 e. The molecule has 0 fully saturated rings. The standard InChI is InChI=1S/C64H123O11P/c1-4-7-10-13-16-19-22-24-26-28-30-32-34-36-39-42-45-48-51-54-63(67)74-60(56-65)58-72-76(69,70)73-59-61(57-71-62(66)53-50-47-44-41-38-21-18-15-12-9-6-3)75-64(68)55-52-49-46-43-40-37-35-33-31-29-27-25-23-20-17-14-11-8-5-2/h15,18,60-61,65H,4-14,16-17,19-59H2,1-3H3,(H,69,70)/b18-15-. The average molecular weight is 1100 g/mol. The van der Waals surface area contributed by atoms with Gasteiger partial charge in [0.2, 0.25) is 0 Å². The molecule has 0 spiro atoms. The monoisotopic (exact) mass is 1100 g/mol. The second-order valence-electron chi connectivity index (χ2n) is 22.3. The highest BCUT2D eigenvalue weighted by atomic mass is 31.2. The molecular formula is C64H123O11P. The van der Waals surface area contributed by atoms with E-state index in [1.807, 2.05) is 0 Å². The summed E-state index contributed by atoms with van der Waals surface area (Å²) < 4.78 is 39.7. The Labute approximate surface area is 468 Å². The number of hydrogen-bond acceptors (Lipinski definition) is 10. The largest absolute Gasteiger partial charge is 0.472 e. The van der Waals surface area contributed by atoms with Crippen molar-refractivity contribution in [3.8, 4) is 0 Å². The van der Waals surface area contributed by atoms with Crippen LogP contribution in [0.5, 0.6) is 0 Å². The van der Waals surface area contributed by atoms with Crippen molar-refractivity contribution in [2.45, 2.75) is 354 Å².